The molecule has 0 radical (unpaired) electrons. The summed E-state index contributed by atoms with van der Waals surface area (Å²) in [7, 11) is -3.54. The molecule has 0 aromatic heterocycles. The lowest BCUT2D eigenvalue weighted by Gasteiger charge is -2.11. The SMILES string of the molecule is CCC(C)c1ccc(S(=O)(=O)c2ccc(Sc3ccc(Sc4ccc(SC(C)C)cc4)cc3)cc2)cc1.Sc1ccc(Sc2ccc(S)cc2)cc1. The smallest absolute Gasteiger partial charge is 0.206 e. The van der Waals surface area contributed by atoms with Gasteiger partial charge < -0.3 is 0 Å². The summed E-state index contributed by atoms with van der Waals surface area (Å²) in [6.07, 6.45) is 1.03. The Morgan fingerprint density at radius 1 is 0.462 bits per heavy atom. The van der Waals surface area contributed by atoms with Crippen LogP contribution in [0.2, 0.25) is 0 Å². The Morgan fingerprint density at radius 2 is 0.750 bits per heavy atom. The second kappa shape index (κ2) is 19.6. The number of thioether (sulfide) groups is 1. The summed E-state index contributed by atoms with van der Waals surface area (Å²) in [6, 6.07) is 47.9. The van der Waals surface area contributed by atoms with Gasteiger partial charge in [0.25, 0.3) is 0 Å². The van der Waals surface area contributed by atoms with Crippen LogP contribution in [0.1, 0.15) is 45.6 Å². The Kier molecular flexibility index (Phi) is 15.3. The number of sulfone groups is 1. The molecule has 1 unspecified atom stereocenters. The second-order valence-electron chi connectivity index (χ2n) is 12.3. The van der Waals surface area contributed by atoms with Gasteiger partial charge in [-0.15, -0.1) is 37.0 Å². The number of hydrogen-bond donors (Lipinski definition) is 2. The molecule has 0 amide bonds. The summed E-state index contributed by atoms with van der Waals surface area (Å²) in [5.74, 6) is 0.418. The molecule has 0 aliphatic carbocycles. The van der Waals surface area contributed by atoms with Crippen LogP contribution in [-0.4, -0.2) is 13.7 Å². The average Bonchev–Trinajstić information content (AvgIpc) is 3.15. The summed E-state index contributed by atoms with van der Waals surface area (Å²) in [5.41, 5.74) is 1.16. The van der Waals surface area contributed by atoms with Crippen molar-refractivity contribution in [1.82, 2.24) is 0 Å². The number of rotatable bonds is 12. The van der Waals surface area contributed by atoms with Crippen LogP contribution in [0.25, 0.3) is 0 Å². The zero-order valence-corrected chi connectivity index (χ0v) is 35.3. The first-order valence-electron chi connectivity index (χ1n) is 16.9. The third-order valence-corrected chi connectivity index (χ3v) is 14.4. The normalized spacial score (nSPS) is 11.9. The van der Waals surface area contributed by atoms with E-state index >= 15 is 0 Å². The molecule has 268 valence electrons. The van der Waals surface area contributed by atoms with E-state index in [1.165, 1.54) is 24.5 Å². The lowest BCUT2D eigenvalue weighted by atomic mass is 9.99. The zero-order chi connectivity index (χ0) is 37.1. The van der Waals surface area contributed by atoms with Gasteiger partial charge in [-0.2, -0.15) is 0 Å². The monoisotopic (exact) mass is 814 g/mol. The van der Waals surface area contributed by atoms with Gasteiger partial charge in [-0.3, -0.25) is 0 Å². The van der Waals surface area contributed by atoms with Crippen molar-refractivity contribution in [3.8, 4) is 0 Å². The van der Waals surface area contributed by atoms with Gasteiger partial charge in [-0.05, 0) is 151 Å². The van der Waals surface area contributed by atoms with Crippen LogP contribution in [0, 0.1) is 0 Å². The maximum absolute atomic E-state index is 13.1. The van der Waals surface area contributed by atoms with Gasteiger partial charge in [0.15, 0.2) is 0 Å². The van der Waals surface area contributed by atoms with E-state index < -0.39 is 9.84 Å². The molecular weight excluding hydrogens is 773 g/mol. The van der Waals surface area contributed by atoms with Crippen molar-refractivity contribution in [2.24, 2.45) is 0 Å². The van der Waals surface area contributed by atoms with Crippen LogP contribution in [0.3, 0.4) is 0 Å². The molecule has 0 saturated carbocycles. The number of benzene rings is 6. The molecule has 0 heterocycles. The van der Waals surface area contributed by atoms with Gasteiger partial charge in [-0.1, -0.05) is 75.1 Å². The van der Waals surface area contributed by atoms with E-state index in [1.54, 1.807) is 59.6 Å². The highest BCUT2D eigenvalue weighted by molar-refractivity contribution is 8.00. The fourth-order valence-electron chi connectivity index (χ4n) is 4.90. The predicted octanol–water partition coefficient (Wildman–Crippen LogP) is 14.3. The molecule has 9 heteroatoms. The van der Waals surface area contributed by atoms with E-state index in [0.717, 1.165) is 31.6 Å². The van der Waals surface area contributed by atoms with Crippen molar-refractivity contribution >= 4 is 82.1 Å². The van der Waals surface area contributed by atoms with Crippen molar-refractivity contribution < 1.29 is 8.42 Å². The van der Waals surface area contributed by atoms with Crippen LogP contribution < -0.4 is 0 Å². The molecule has 52 heavy (non-hydrogen) atoms. The minimum absolute atomic E-state index is 0.317. The van der Waals surface area contributed by atoms with Crippen molar-refractivity contribution in [3.63, 3.8) is 0 Å². The van der Waals surface area contributed by atoms with Gasteiger partial charge >= 0.3 is 0 Å². The fraction of sp³-hybridized carbons (Fsp3) is 0.163. The highest BCUT2D eigenvalue weighted by atomic mass is 32.2. The molecule has 0 aliphatic rings. The van der Waals surface area contributed by atoms with E-state index in [1.807, 2.05) is 60.3 Å². The van der Waals surface area contributed by atoms with Gasteiger partial charge in [0.2, 0.25) is 9.84 Å². The van der Waals surface area contributed by atoms with E-state index in [-0.39, 0.29) is 0 Å². The largest absolute Gasteiger partial charge is 0.219 e. The first kappa shape index (κ1) is 40.6. The Hall–Kier alpha value is -2.63. The lowest BCUT2D eigenvalue weighted by molar-refractivity contribution is 0.596. The maximum Gasteiger partial charge on any atom is 0.206 e. The van der Waals surface area contributed by atoms with E-state index in [0.29, 0.717) is 21.0 Å². The Morgan fingerprint density at radius 3 is 1.08 bits per heavy atom. The lowest BCUT2D eigenvalue weighted by Crippen LogP contribution is -2.02. The molecule has 6 aromatic carbocycles. The van der Waals surface area contributed by atoms with E-state index in [9.17, 15) is 8.42 Å². The minimum Gasteiger partial charge on any atom is -0.219 e. The fourth-order valence-corrected chi connectivity index (χ4v) is 9.75. The van der Waals surface area contributed by atoms with Crippen molar-refractivity contribution in [3.05, 3.63) is 151 Å². The quantitative estimate of drug-likeness (QED) is 0.0946. The first-order valence-corrected chi connectivity index (χ1v) is 22.6. The third kappa shape index (κ3) is 12.2. The Balaban J connectivity index is 0.000000289. The van der Waals surface area contributed by atoms with Crippen LogP contribution in [0.4, 0.5) is 0 Å². The Labute approximate surface area is 338 Å². The maximum atomic E-state index is 13.1. The van der Waals surface area contributed by atoms with Gasteiger partial charge in [-0.25, -0.2) is 8.42 Å². The summed E-state index contributed by atoms with van der Waals surface area (Å²) >= 11 is 15.5. The third-order valence-electron chi connectivity index (χ3n) is 7.91. The molecule has 6 rings (SSSR count). The predicted molar refractivity (Wildman–Crippen MR) is 231 cm³/mol. The molecule has 0 saturated heterocycles. The van der Waals surface area contributed by atoms with Crippen LogP contribution in [0.5, 0.6) is 0 Å². The highest BCUT2D eigenvalue weighted by Crippen LogP contribution is 2.35. The highest BCUT2D eigenvalue weighted by Gasteiger charge is 2.18. The van der Waals surface area contributed by atoms with Gasteiger partial charge in [0, 0.05) is 49.3 Å². The topological polar surface area (TPSA) is 34.1 Å². The zero-order valence-electron chi connectivity index (χ0n) is 29.5. The van der Waals surface area contributed by atoms with E-state index in [2.05, 4.69) is 126 Å². The molecule has 2 nitrogen and oxygen atoms in total. The molecule has 0 bridgehead atoms. The van der Waals surface area contributed by atoms with Crippen molar-refractivity contribution in [2.75, 3.05) is 0 Å². The summed E-state index contributed by atoms with van der Waals surface area (Å²) in [4.78, 5) is 10.9. The molecule has 1 atom stereocenters. The van der Waals surface area contributed by atoms with Crippen LogP contribution in [0.15, 0.2) is 199 Å². The molecule has 0 aliphatic heterocycles. The summed E-state index contributed by atoms with van der Waals surface area (Å²) < 4.78 is 26.2. The van der Waals surface area contributed by atoms with Crippen LogP contribution >= 0.6 is 72.3 Å². The molecule has 0 N–H and O–H groups in total. The Bertz CT molecular complexity index is 2050. The molecule has 6 aromatic rings. The number of thiol groups is 2. The van der Waals surface area contributed by atoms with E-state index in [4.69, 9.17) is 0 Å². The van der Waals surface area contributed by atoms with Gasteiger partial charge in [0.05, 0.1) is 9.79 Å². The molecule has 0 spiro atoms. The summed E-state index contributed by atoms with van der Waals surface area (Å²) in [6.45, 7) is 8.69. The van der Waals surface area contributed by atoms with Gasteiger partial charge in [0.1, 0.15) is 0 Å². The van der Waals surface area contributed by atoms with Crippen LogP contribution in [-0.2, 0) is 9.84 Å². The standard InChI is InChI=1S/C31H32O2S4.C12H10S3/c1-5-23(4)24-6-18-30(19-7-24)37(32,33)31-20-16-29(17-21-31)36-28-14-12-27(13-15-28)35-26-10-8-25(9-11-26)34-22(2)3;13-9-1-5-11(6-2-9)15-12-7-3-10(14)4-8-12/h6-23H,5H2,1-4H3;1-8,13-14H. The number of hydrogen-bond acceptors (Lipinski definition) is 8. The second-order valence-corrected chi connectivity index (χ2v) is 20.3. The van der Waals surface area contributed by atoms with Crippen molar-refractivity contribution in [1.29, 1.82) is 0 Å². The molecular formula is C43H42O2S7. The first-order chi connectivity index (χ1) is 25.0. The minimum atomic E-state index is -3.54. The average molecular weight is 815 g/mol. The summed E-state index contributed by atoms with van der Waals surface area (Å²) in [5, 5.41) is 0.580. The molecule has 0 fully saturated rings. The van der Waals surface area contributed by atoms with Crippen molar-refractivity contribution in [2.45, 2.75) is 99.1 Å².